The van der Waals surface area contributed by atoms with Crippen molar-refractivity contribution in [3.8, 4) is 45.5 Å². The number of benzene rings is 6. The van der Waals surface area contributed by atoms with E-state index in [1.54, 1.807) is 42.6 Å². The highest BCUT2D eigenvalue weighted by molar-refractivity contribution is 6.25. The van der Waals surface area contributed by atoms with Crippen LogP contribution in [-0.2, 0) is 41.6 Å². The van der Waals surface area contributed by atoms with Crippen LogP contribution in [0.3, 0.4) is 0 Å². The summed E-state index contributed by atoms with van der Waals surface area (Å²) in [7, 11) is 0. The molecule has 2 aliphatic carbocycles. The number of hydrogen-bond acceptors (Lipinski definition) is 22. The second-order valence-corrected chi connectivity index (χ2v) is 35.0. The average Bonchev–Trinajstić information content (AvgIpc) is 1.61. The molecule has 674 valence electrons. The summed E-state index contributed by atoms with van der Waals surface area (Å²) in [5.74, 6) is -1.37. The largest absolute Gasteiger partial charge is 0.457 e. The number of para-hydroxylation sites is 2. The molecule has 6 aromatic carbocycles. The first-order valence-corrected chi connectivity index (χ1v) is 45.9. The number of carbonyl (C=O) groups excluding carboxylic acids is 11. The van der Waals surface area contributed by atoms with Crippen LogP contribution in [0.4, 0.5) is 11.6 Å². The second kappa shape index (κ2) is 41.5. The van der Waals surface area contributed by atoms with Gasteiger partial charge in [-0.3, -0.25) is 87.7 Å². The van der Waals surface area contributed by atoms with Crippen LogP contribution in [0.2, 0.25) is 0 Å². The van der Waals surface area contributed by atoms with Crippen LogP contribution in [-0.4, -0.2) is 222 Å². The molecule has 0 bridgehead atoms. The van der Waals surface area contributed by atoms with Gasteiger partial charge in [0.1, 0.15) is 63.7 Å². The minimum Gasteiger partial charge on any atom is -0.457 e. The highest BCUT2D eigenvalue weighted by Crippen LogP contribution is 2.42. The zero-order chi connectivity index (χ0) is 89.6. The van der Waals surface area contributed by atoms with Crippen molar-refractivity contribution >= 4 is 87.5 Å². The summed E-state index contributed by atoms with van der Waals surface area (Å²) in [5.41, 5.74) is 25.4. The molecule has 0 radical (unpaired) electrons. The molecule has 8 aliphatic rings. The molecular formula is C98H114N18O13. The van der Waals surface area contributed by atoms with Gasteiger partial charge in [0.2, 0.25) is 35.4 Å². The van der Waals surface area contributed by atoms with Gasteiger partial charge in [-0.25, -0.2) is 9.67 Å². The Labute approximate surface area is 749 Å². The van der Waals surface area contributed by atoms with Gasteiger partial charge < -0.3 is 47.1 Å². The summed E-state index contributed by atoms with van der Waals surface area (Å²) in [6, 6.07) is 46.2. The maximum absolute atomic E-state index is 13.4. The Morgan fingerprint density at radius 2 is 0.837 bits per heavy atom. The number of unbranched alkanes of at least 4 members (excludes halogenated alkanes) is 6. The van der Waals surface area contributed by atoms with Gasteiger partial charge in [0, 0.05) is 121 Å². The lowest BCUT2D eigenvalue weighted by Gasteiger charge is -2.42. The first-order chi connectivity index (χ1) is 62.8. The highest BCUT2D eigenvalue weighted by atomic mass is 16.5. The average molecular weight is 1750 g/mol. The molecule has 17 rings (SSSR count). The number of pyridine rings is 1. The number of piperidine rings is 2. The number of aromatic nitrogens is 5. The van der Waals surface area contributed by atoms with E-state index in [0.29, 0.717) is 71.8 Å². The summed E-state index contributed by atoms with van der Waals surface area (Å²) in [6.07, 6.45) is 19.6. The number of primary amides is 1. The van der Waals surface area contributed by atoms with E-state index in [2.05, 4.69) is 50.5 Å². The highest BCUT2D eigenvalue weighted by Gasteiger charge is 2.48. The van der Waals surface area contributed by atoms with Crippen molar-refractivity contribution in [2.45, 2.75) is 190 Å². The van der Waals surface area contributed by atoms with Gasteiger partial charge in [0.15, 0.2) is 0 Å². The minimum absolute atomic E-state index is 0.0560. The van der Waals surface area contributed by atoms with Crippen molar-refractivity contribution in [2.24, 2.45) is 5.73 Å². The number of hydrogen-bond donors (Lipinski definition) is 7. The number of nitrogens with two attached hydrogens (primary N) is 3. The standard InChI is InChI=1S/C50H57N9O6.C48H57N9O7/c51-47-45-40(25-27-53-47)59(55-46(45)34-13-20-38(21-14-34)65-37-10-4-3-5-11-37)36-18-16-35(17-19-36)57-31-29-56(30-32-57)28-7-2-1-6-26-52-42(60)23-15-33-9-8-12-39-44(33)50(64)58(49(39)63)41-22-24-43(61)54-48(41)62;49-44-42(45(50)60)43(32-13-20-36(21-14-32)64-35-10-4-3-5-11-35)53-57(44)34-18-16-33(17-19-34)55-29-27-54(28-30-55)26-7-2-1-6-25-51-39(58)23-15-31-9-8-12-37-41(31)48(63)56(47(37)62)38-22-24-40(59)52-46(38)61/h3-5,8-14,20-21,25,27,35-36,41H,1-2,6-7,15-19,22-24,26,28-32H2,(H2,51,53)(H,52,60)(H,54,61,62);3-5,8-14,20-21,33-34,38H,1-2,6-7,15-19,22-30,49H2,(H2,50,60)(H,51,58)(H,52,59,61). The molecule has 6 aliphatic heterocycles. The third-order valence-corrected chi connectivity index (χ3v) is 26.7. The molecule has 10 N–H and O–H groups in total. The summed E-state index contributed by atoms with van der Waals surface area (Å²) in [5, 5.41) is 21.4. The number of piperazine rings is 2. The molecule has 9 aromatic rings. The Bertz CT molecular complexity index is 5600. The van der Waals surface area contributed by atoms with E-state index in [4.69, 9.17) is 36.9 Å². The Kier molecular flexibility index (Phi) is 28.8. The fourth-order valence-electron chi connectivity index (χ4n) is 19.8. The third kappa shape index (κ3) is 21.0. The molecule has 2 saturated carbocycles. The third-order valence-electron chi connectivity index (χ3n) is 26.7. The summed E-state index contributed by atoms with van der Waals surface area (Å²) >= 11 is 0. The van der Waals surface area contributed by atoms with Gasteiger partial charge >= 0.3 is 0 Å². The molecule has 31 nitrogen and oxygen atoms in total. The van der Waals surface area contributed by atoms with Gasteiger partial charge in [-0.2, -0.15) is 10.2 Å². The van der Waals surface area contributed by atoms with Gasteiger partial charge in [-0.1, -0.05) is 86.3 Å². The number of nitrogens with one attached hydrogen (secondary N) is 4. The Balaban J connectivity index is 0.000000189. The molecule has 2 atom stereocenters. The molecule has 6 fully saturated rings. The van der Waals surface area contributed by atoms with Crippen molar-refractivity contribution < 1.29 is 62.2 Å². The number of aryl methyl sites for hydroxylation is 2. The zero-order valence-corrected chi connectivity index (χ0v) is 72.9. The van der Waals surface area contributed by atoms with E-state index < -0.39 is 65.2 Å². The van der Waals surface area contributed by atoms with Crippen LogP contribution in [0, 0.1) is 0 Å². The van der Waals surface area contributed by atoms with Gasteiger partial charge in [-0.15, -0.1) is 0 Å². The Morgan fingerprint density at radius 3 is 1.28 bits per heavy atom. The zero-order valence-electron chi connectivity index (χ0n) is 72.9. The quantitative estimate of drug-likeness (QED) is 0.0148. The SMILES string of the molecule is NC(=O)c1c(-c2ccc(Oc3ccccc3)cc2)nn(C2CCC(N3CCN(CCCCCCNC(=O)CCc4cccc5c4C(=O)N(C4CCC(=O)NC4=O)C5=O)CC3)CC2)c1N.Nc1nccc2c1c(-c1ccc(Oc3ccccc3)cc1)nn2C1CCC(N2CCN(CCCCCCNC(=O)CCc3cccc4c3C(=O)N(C3CCC(=O)NC3=O)C4=O)CC2)CC1. The fraction of sp³-hybridized carbons (Fsp3) is 0.429. The summed E-state index contributed by atoms with van der Waals surface area (Å²) < 4.78 is 16.0. The van der Waals surface area contributed by atoms with E-state index in [1.165, 1.54) is 0 Å². The number of nitrogen functional groups attached to an aromatic ring is 2. The van der Waals surface area contributed by atoms with Crippen molar-refractivity contribution in [1.82, 2.24) is 75.2 Å². The molecule has 9 heterocycles. The topological polar surface area (TPSA) is 400 Å². The number of amides is 11. The lowest BCUT2D eigenvalue weighted by Crippen LogP contribution is -2.54. The lowest BCUT2D eigenvalue weighted by molar-refractivity contribution is -0.137. The molecule has 0 spiro atoms. The van der Waals surface area contributed by atoms with E-state index >= 15 is 0 Å². The van der Waals surface area contributed by atoms with E-state index in [9.17, 15) is 52.7 Å². The van der Waals surface area contributed by atoms with Crippen molar-refractivity contribution in [2.75, 3.05) is 90.0 Å². The number of nitrogens with zero attached hydrogens (tertiary/aromatic N) is 11. The molecule has 11 amide bonds. The van der Waals surface area contributed by atoms with Crippen molar-refractivity contribution in [3.05, 3.63) is 197 Å². The van der Waals surface area contributed by atoms with Crippen molar-refractivity contribution in [3.63, 3.8) is 0 Å². The van der Waals surface area contributed by atoms with Crippen LogP contribution < -0.4 is 47.9 Å². The molecule has 4 saturated heterocycles. The molecule has 2 unspecified atom stereocenters. The maximum atomic E-state index is 13.4. The number of imide groups is 4. The summed E-state index contributed by atoms with van der Waals surface area (Å²) in [6.45, 7) is 11.8. The van der Waals surface area contributed by atoms with Crippen LogP contribution >= 0.6 is 0 Å². The number of ether oxygens (including phenoxy) is 2. The van der Waals surface area contributed by atoms with E-state index in [0.717, 1.165) is 223 Å². The summed E-state index contributed by atoms with van der Waals surface area (Å²) in [4.78, 5) is 156. The lowest BCUT2D eigenvalue weighted by atomic mass is 9.89. The molecule has 3 aromatic heterocycles. The smallest absolute Gasteiger partial charge is 0.262 e. The number of carbonyl (C=O) groups is 11. The Morgan fingerprint density at radius 1 is 0.426 bits per heavy atom. The van der Waals surface area contributed by atoms with Crippen LogP contribution in [0.25, 0.3) is 33.4 Å². The maximum Gasteiger partial charge on any atom is 0.262 e. The van der Waals surface area contributed by atoms with Crippen LogP contribution in [0.1, 0.15) is 216 Å². The van der Waals surface area contributed by atoms with E-state index in [-0.39, 0.29) is 90.6 Å². The van der Waals surface area contributed by atoms with Crippen LogP contribution in [0.5, 0.6) is 23.0 Å². The molecular weight excluding hydrogens is 1640 g/mol. The van der Waals surface area contributed by atoms with Gasteiger partial charge in [-0.05, 0) is 218 Å². The van der Waals surface area contributed by atoms with Crippen LogP contribution in [0.15, 0.2) is 158 Å². The van der Waals surface area contributed by atoms with Gasteiger partial charge in [0.05, 0.1) is 45.2 Å². The molecule has 31 heteroatoms. The number of anilines is 2. The van der Waals surface area contributed by atoms with Gasteiger partial charge in [0.25, 0.3) is 29.5 Å². The monoisotopic (exact) mass is 1750 g/mol. The Hall–Kier alpha value is -12.8. The predicted molar refractivity (Wildman–Crippen MR) is 485 cm³/mol. The number of fused-ring (bicyclic) bond motifs is 3. The van der Waals surface area contributed by atoms with Crippen molar-refractivity contribution in [1.29, 1.82) is 0 Å². The molecule has 129 heavy (non-hydrogen) atoms. The normalized spacial score (nSPS) is 20.6. The minimum atomic E-state index is -1.03. The fourth-order valence-corrected chi connectivity index (χ4v) is 19.8. The first-order valence-electron chi connectivity index (χ1n) is 45.9. The van der Waals surface area contributed by atoms with E-state index in [1.807, 2.05) is 120 Å². The first kappa shape index (κ1) is 89.5. The predicted octanol–water partition coefficient (Wildman–Crippen LogP) is 11.1. The number of rotatable bonds is 33. The second-order valence-electron chi connectivity index (χ2n) is 35.0.